The van der Waals surface area contributed by atoms with Crippen LogP contribution in [-0.2, 0) is 9.53 Å². The first-order valence-corrected chi connectivity index (χ1v) is 4.78. The zero-order chi connectivity index (χ0) is 9.94. The van der Waals surface area contributed by atoms with E-state index >= 15 is 0 Å². The second-order valence-electron chi connectivity index (χ2n) is 2.77. The molecule has 0 amide bonds. The zero-order valence-electron chi connectivity index (χ0n) is 8.21. The highest BCUT2D eigenvalue weighted by atomic mass is 16.5. The number of carbonyl (C=O) groups is 1. The van der Waals surface area contributed by atoms with Crippen molar-refractivity contribution in [1.82, 2.24) is 5.32 Å². The van der Waals surface area contributed by atoms with E-state index in [4.69, 9.17) is 9.84 Å². The van der Waals surface area contributed by atoms with Gasteiger partial charge in [0, 0.05) is 6.61 Å². The molecule has 0 aliphatic carbocycles. The number of nitrogens with one attached hydrogen (secondary N) is 1. The fourth-order valence-electron chi connectivity index (χ4n) is 0.941. The lowest BCUT2D eigenvalue weighted by atomic mass is 10.2. The van der Waals surface area contributed by atoms with Crippen molar-refractivity contribution in [3.05, 3.63) is 0 Å². The van der Waals surface area contributed by atoms with Crippen LogP contribution in [0.5, 0.6) is 0 Å². The molecular weight excluding hydrogens is 170 g/mol. The molecular formula is C9H19NO3. The van der Waals surface area contributed by atoms with Crippen molar-refractivity contribution in [2.75, 3.05) is 26.3 Å². The summed E-state index contributed by atoms with van der Waals surface area (Å²) in [4.78, 5) is 10.8. The maximum atomic E-state index is 10.8. The smallest absolute Gasteiger partial charge is 0.319 e. The number of rotatable bonds is 8. The summed E-state index contributed by atoms with van der Waals surface area (Å²) < 4.78 is 4.73. The summed E-state index contributed by atoms with van der Waals surface area (Å²) >= 11 is 0. The predicted molar refractivity (Wildman–Crippen MR) is 50.4 cm³/mol. The highest BCUT2D eigenvalue weighted by molar-refractivity contribution is 5.71. The second-order valence-corrected chi connectivity index (χ2v) is 2.77. The number of carbonyl (C=O) groups excluding carboxylic acids is 1. The van der Waals surface area contributed by atoms with Gasteiger partial charge in [0.1, 0.15) is 0 Å². The lowest BCUT2D eigenvalue weighted by Crippen LogP contribution is -2.25. The van der Waals surface area contributed by atoms with Gasteiger partial charge in [-0.1, -0.05) is 0 Å². The summed E-state index contributed by atoms with van der Waals surface area (Å²) in [5, 5.41) is 11.5. The van der Waals surface area contributed by atoms with Gasteiger partial charge in [0.25, 0.3) is 0 Å². The number of aliphatic hydroxyl groups is 1. The Hall–Kier alpha value is -0.610. The molecule has 4 heteroatoms. The molecule has 0 heterocycles. The summed E-state index contributed by atoms with van der Waals surface area (Å²) in [5.74, 6) is -0.204. The van der Waals surface area contributed by atoms with Crippen molar-refractivity contribution in [3.63, 3.8) is 0 Å². The Morgan fingerprint density at radius 2 is 2.15 bits per heavy atom. The molecule has 0 aromatic carbocycles. The van der Waals surface area contributed by atoms with Crippen LogP contribution in [0, 0.1) is 0 Å². The number of hydrogen-bond acceptors (Lipinski definition) is 4. The van der Waals surface area contributed by atoms with Gasteiger partial charge in [0.05, 0.1) is 13.2 Å². The minimum absolute atomic E-state index is 0.204. The molecule has 0 aliphatic rings. The number of esters is 1. The first-order chi connectivity index (χ1) is 6.31. The average Bonchev–Trinajstić information content (AvgIpc) is 2.11. The van der Waals surface area contributed by atoms with E-state index in [-0.39, 0.29) is 19.1 Å². The fraction of sp³-hybridized carbons (Fsp3) is 0.889. The Morgan fingerprint density at radius 1 is 1.38 bits per heavy atom. The van der Waals surface area contributed by atoms with E-state index in [1.54, 1.807) is 6.92 Å². The SMILES string of the molecule is CCOC(=O)CNCCCCCO. The molecule has 2 N–H and O–H groups in total. The largest absolute Gasteiger partial charge is 0.465 e. The van der Waals surface area contributed by atoms with E-state index in [1.165, 1.54) is 0 Å². The van der Waals surface area contributed by atoms with Crippen molar-refractivity contribution >= 4 is 5.97 Å². The van der Waals surface area contributed by atoms with Crippen LogP contribution in [0.4, 0.5) is 0 Å². The van der Waals surface area contributed by atoms with Crippen LogP contribution in [-0.4, -0.2) is 37.4 Å². The maximum absolute atomic E-state index is 10.8. The normalized spacial score (nSPS) is 10.0. The van der Waals surface area contributed by atoms with Crippen LogP contribution in [0.2, 0.25) is 0 Å². The lowest BCUT2D eigenvalue weighted by molar-refractivity contribution is -0.141. The van der Waals surface area contributed by atoms with Crippen LogP contribution in [0.25, 0.3) is 0 Å². The van der Waals surface area contributed by atoms with Crippen molar-refractivity contribution in [3.8, 4) is 0 Å². The summed E-state index contributed by atoms with van der Waals surface area (Å²) in [5.41, 5.74) is 0. The van der Waals surface area contributed by atoms with Crippen LogP contribution in [0.1, 0.15) is 26.2 Å². The number of hydrogen-bond donors (Lipinski definition) is 2. The molecule has 0 aromatic rings. The molecule has 0 saturated carbocycles. The van der Waals surface area contributed by atoms with E-state index in [2.05, 4.69) is 5.32 Å². The number of unbranched alkanes of at least 4 members (excludes halogenated alkanes) is 2. The van der Waals surface area contributed by atoms with Gasteiger partial charge in [-0.15, -0.1) is 0 Å². The number of ether oxygens (including phenoxy) is 1. The van der Waals surface area contributed by atoms with Gasteiger partial charge in [-0.3, -0.25) is 4.79 Å². The molecule has 4 nitrogen and oxygen atoms in total. The van der Waals surface area contributed by atoms with Crippen molar-refractivity contribution in [2.45, 2.75) is 26.2 Å². The molecule has 0 bridgehead atoms. The van der Waals surface area contributed by atoms with Gasteiger partial charge in [-0.25, -0.2) is 0 Å². The molecule has 0 saturated heterocycles. The zero-order valence-corrected chi connectivity index (χ0v) is 8.21. The third-order valence-corrected chi connectivity index (χ3v) is 1.59. The Balaban J connectivity index is 3.02. The summed E-state index contributed by atoms with van der Waals surface area (Å²) in [6.45, 7) is 3.56. The molecule has 0 radical (unpaired) electrons. The summed E-state index contributed by atoms with van der Waals surface area (Å²) in [6.07, 6.45) is 2.81. The quantitative estimate of drug-likeness (QED) is 0.426. The van der Waals surface area contributed by atoms with E-state index in [0.717, 1.165) is 25.8 Å². The molecule has 78 valence electrons. The van der Waals surface area contributed by atoms with E-state index in [1.807, 2.05) is 0 Å². The predicted octanol–water partition coefficient (Wildman–Crippen LogP) is 0.302. The highest BCUT2D eigenvalue weighted by Gasteiger charge is 1.98. The van der Waals surface area contributed by atoms with Crippen LogP contribution in [0.3, 0.4) is 0 Å². The molecule has 0 unspecified atom stereocenters. The number of aliphatic hydroxyl groups excluding tert-OH is 1. The topological polar surface area (TPSA) is 58.6 Å². The standard InChI is InChI=1S/C9H19NO3/c1-2-13-9(12)8-10-6-4-3-5-7-11/h10-11H,2-8H2,1H3. The summed E-state index contributed by atoms with van der Waals surface area (Å²) in [7, 11) is 0. The van der Waals surface area contributed by atoms with Crippen molar-refractivity contribution in [1.29, 1.82) is 0 Å². The molecule has 0 atom stereocenters. The van der Waals surface area contributed by atoms with E-state index in [0.29, 0.717) is 6.61 Å². The van der Waals surface area contributed by atoms with Gasteiger partial charge in [-0.05, 0) is 32.7 Å². The monoisotopic (exact) mass is 189 g/mol. The molecule has 0 aliphatic heterocycles. The Morgan fingerprint density at radius 3 is 2.77 bits per heavy atom. The minimum Gasteiger partial charge on any atom is -0.465 e. The van der Waals surface area contributed by atoms with Crippen LogP contribution >= 0.6 is 0 Å². The Kier molecular flexibility index (Phi) is 9.03. The fourth-order valence-corrected chi connectivity index (χ4v) is 0.941. The van der Waals surface area contributed by atoms with Gasteiger partial charge in [-0.2, -0.15) is 0 Å². The third kappa shape index (κ3) is 9.30. The molecule has 0 fully saturated rings. The first-order valence-electron chi connectivity index (χ1n) is 4.78. The van der Waals surface area contributed by atoms with E-state index < -0.39 is 0 Å². The summed E-state index contributed by atoms with van der Waals surface area (Å²) in [6, 6.07) is 0. The Labute approximate surface area is 79.3 Å². The lowest BCUT2D eigenvalue weighted by Gasteiger charge is -2.03. The van der Waals surface area contributed by atoms with E-state index in [9.17, 15) is 4.79 Å². The highest BCUT2D eigenvalue weighted by Crippen LogP contribution is 1.91. The van der Waals surface area contributed by atoms with Gasteiger partial charge >= 0.3 is 5.97 Å². The second kappa shape index (κ2) is 9.48. The molecule has 0 spiro atoms. The van der Waals surface area contributed by atoms with Crippen molar-refractivity contribution in [2.24, 2.45) is 0 Å². The Bertz CT molecular complexity index is 128. The molecule has 0 rings (SSSR count). The maximum Gasteiger partial charge on any atom is 0.319 e. The van der Waals surface area contributed by atoms with Crippen LogP contribution in [0.15, 0.2) is 0 Å². The van der Waals surface area contributed by atoms with Gasteiger partial charge in [0.2, 0.25) is 0 Å². The van der Waals surface area contributed by atoms with Crippen LogP contribution < -0.4 is 5.32 Å². The average molecular weight is 189 g/mol. The minimum atomic E-state index is -0.204. The van der Waals surface area contributed by atoms with Gasteiger partial charge in [0.15, 0.2) is 0 Å². The first kappa shape index (κ1) is 12.4. The molecule has 0 aromatic heterocycles. The van der Waals surface area contributed by atoms with Crippen molar-refractivity contribution < 1.29 is 14.6 Å². The third-order valence-electron chi connectivity index (χ3n) is 1.59. The van der Waals surface area contributed by atoms with Gasteiger partial charge < -0.3 is 15.2 Å². The molecule has 13 heavy (non-hydrogen) atoms.